The van der Waals surface area contributed by atoms with Gasteiger partial charge >= 0.3 is 0 Å². The Morgan fingerprint density at radius 3 is 1.55 bits per heavy atom. The first kappa shape index (κ1) is 50.6. The number of fused-ring (bicyclic) bond motifs is 12. The van der Waals surface area contributed by atoms with Crippen molar-refractivity contribution < 1.29 is 0 Å². The highest BCUT2D eigenvalue weighted by atomic mass is 79.9. The fourth-order valence-corrected chi connectivity index (χ4v) is 15.3. The summed E-state index contributed by atoms with van der Waals surface area (Å²) in [5.41, 5.74) is 28.5. The fourth-order valence-electron chi connectivity index (χ4n) is 13.4. The number of thiophene rings is 1. The van der Waals surface area contributed by atoms with Gasteiger partial charge in [0.25, 0.3) is 0 Å². The average Bonchev–Trinajstić information content (AvgIpc) is 3.87. The van der Waals surface area contributed by atoms with E-state index in [1.807, 2.05) is 11.3 Å². The van der Waals surface area contributed by atoms with Crippen molar-refractivity contribution in [1.82, 2.24) is 4.57 Å². The van der Waals surface area contributed by atoms with E-state index >= 15 is 0 Å². The Balaban J connectivity index is 0.000000139. The van der Waals surface area contributed by atoms with Crippen LogP contribution in [0.1, 0.15) is 33.7 Å². The lowest BCUT2D eigenvalue weighted by Crippen LogP contribution is -2.00. The molecule has 2 aromatic heterocycles. The van der Waals surface area contributed by atoms with E-state index in [4.69, 9.17) is 0 Å². The van der Waals surface area contributed by atoms with Crippen LogP contribution in [0, 0.1) is 0 Å². The second-order valence-corrected chi connectivity index (χ2v) is 25.1. The van der Waals surface area contributed by atoms with Crippen molar-refractivity contribution in [3.63, 3.8) is 0 Å². The standard InChI is InChI=1S/C44H29Br.C36H22BrNS/c45-37-13-7-12-31(24-37)29-10-6-11-30(22-29)33-20-21-40-43(26-33)38-14-4-5-15-39(38)44(40)36-19-18-35-23-34-17-16-32(25-41(34)42(35)27-36)28-8-2-1-3-9-28;37-27-11-6-10-25(21-27)23-8-5-9-24(20-23)26-18-19-32-30(22-26)28-12-1-3-14-31(28)38(32)33-15-7-17-35-36(33)29-13-2-4-16-34(29)39-35/h1-22,24-27,44H,23H2;1-22H. The van der Waals surface area contributed by atoms with Gasteiger partial charge in [0.05, 0.1) is 16.7 Å². The highest BCUT2D eigenvalue weighted by molar-refractivity contribution is 9.10. The molecular weight excluding hydrogens is 1170 g/mol. The predicted molar refractivity (Wildman–Crippen MR) is 364 cm³/mol. The largest absolute Gasteiger partial charge is 0.309 e. The molecule has 0 radical (unpaired) electrons. The van der Waals surface area contributed by atoms with Gasteiger partial charge in [0, 0.05) is 45.8 Å². The van der Waals surface area contributed by atoms with E-state index < -0.39 is 0 Å². The Bertz CT molecular complexity index is 5100. The van der Waals surface area contributed by atoms with Gasteiger partial charge in [-0.05, 0) is 203 Å². The Kier molecular flexibility index (Phi) is 12.6. The van der Waals surface area contributed by atoms with Crippen molar-refractivity contribution in [2.24, 2.45) is 0 Å². The molecule has 2 aliphatic carbocycles. The summed E-state index contributed by atoms with van der Waals surface area (Å²) >= 11 is 9.12. The Morgan fingerprint density at radius 1 is 0.310 bits per heavy atom. The number of hydrogen-bond donors (Lipinski definition) is 0. The number of rotatable bonds is 7. The van der Waals surface area contributed by atoms with Crippen LogP contribution in [0.4, 0.5) is 0 Å². The third kappa shape index (κ3) is 8.87. The van der Waals surface area contributed by atoms with Crippen LogP contribution in [0.3, 0.4) is 0 Å². The lowest BCUT2D eigenvalue weighted by molar-refractivity contribution is 1.01. The van der Waals surface area contributed by atoms with E-state index in [1.165, 1.54) is 153 Å². The summed E-state index contributed by atoms with van der Waals surface area (Å²) in [7, 11) is 0. The van der Waals surface area contributed by atoms with Crippen molar-refractivity contribution in [2.75, 3.05) is 0 Å². The molecule has 4 heteroatoms. The van der Waals surface area contributed by atoms with Gasteiger partial charge in [-0.1, -0.05) is 232 Å². The van der Waals surface area contributed by atoms with E-state index in [0.29, 0.717) is 0 Å². The molecule has 1 nitrogen and oxygen atoms in total. The molecule has 1 unspecified atom stereocenters. The lowest BCUT2D eigenvalue weighted by atomic mass is 9.86. The maximum absolute atomic E-state index is 3.63. The summed E-state index contributed by atoms with van der Waals surface area (Å²) < 4.78 is 7.28. The number of nitrogens with zero attached hydrogens (tertiary/aromatic N) is 1. The van der Waals surface area contributed by atoms with Gasteiger partial charge in [0.15, 0.2) is 0 Å². The van der Waals surface area contributed by atoms with E-state index in [2.05, 4.69) is 328 Å². The minimum Gasteiger partial charge on any atom is -0.309 e. The van der Waals surface area contributed by atoms with Crippen LogP contribution in [0.25, 0.3) is 126 Å². The van der Waals surface area contributed by atoms with Crippen LogP contribution in [0.15, 0.2) is 300 Å². The zero-order chi connectivity index (χ0) is 55.8. The average molecular weight is 1220 g/mol. The monoisotopic (exact) mass is 1220 g/mol. The minimum atomic E-state index is 0.213. The van der Waals surface area contributed by atoms with E-state index in [-0.39, 0.29) is 5.92 Å². The number of para-hydroxylation sites is 1. The molecule has 0 fully saturated rings. The molecule has 1 atom stereocenters. The zero-order valence-corrected chi connectivity index (χ0v) is 49.6. The van der Waals surface area contributed by atoms with Crippen molar-refractivity contribution in [1.29, 1.82) is 0 Å². The highest BCUT2D eigenvalue weighted by Gasteiger charge is 2.32. The first-order valence-electron chi connectivity index (χ1n) is 28.7. The number of halogens is 2. The molecule has 0 saturated heterocycles. The number of benzene rings is 13. The topological polar surface area (TPSA) is 4.93 Å². The Hall–Kier alpha value is -9.16. The minimum absolute atomic E-state index is 0.213. The van der Waals surface area contributed by atoms with Gasteiger partial charge < -0.3 is 4.57 Å². The van der Waals surface area contributed by atoms with Gasteiger partial charge in [0.2, 0.25) is 0 Å². The zero-order valence-electron chi connectivity index (χ0n) is 45.6. The first-order chi connectivity index (χ1) is 41.4. The summed E-state index contributed by atoms with van der Waals surface area (Å²) in [5, 5.41) is 5.19. The molecule has 15 aromatic rings. The molecule has 84 heavy (non-hydrogen) atoms. The van der Waals surface area contributed by atoms with Crippen molar-refractivity contribution in [2.45, 2.75) is 12.3 Å². The van der Waals surface area contributed by atoms with Crippen LogP contribution in [0.5, 0.6) is 0 Å². The second kappa shape index (κ2) is 20.9. The molecule has 0 N–H and O–H groups in total. The van der Waals surface area contributed by atoms with Gasteiger partial charge in [-0.15, -0.1) is 11.3 Å². The highest BCUT2D eigenvalue weighted by Crippen LogP contribution is 2.51. The summed E-state index contributed by atoms with van der Waals surface area (Å²) in [4.78, 5) is 0. The van der Waals surface area contributed by atoms with Crippen LogP contribution >= 0.6 is 43.2 Å². The van der Waals surface area contributed by atoms with Crippen molar-refractivity contribution in [3.05, 3.63) is 328 Å². The predicted octanol–water partition coefficient (Wildman–Crippen LogP) is 23.4. The molecule has 2 heterocycles. The van der Waals surface area contributed by atoms with E-state index in [9.17, 15) is 0 Å². The summed E-state index contributed by atoms with van der Waals surface area (Å²) in [6.07, 6.45) is 1.00. The summed E-state index contributed by atoms with van der Waals surface area (Å²) in [5.74, 6) is 0.213. The molecule has 17 rings (SSSR count). The summed E-state index contributed by atoms with van der Waals surface area (Å²) in [6.45, 7) is 0. The molecule has 13 aromatic carbocycles. The van der Waals surface area contributed by atoms with E-state index in [0.717, 1.165) is 15.4 Å². The first-order valence-corrected chi connectivity index (χ1v) is 31.1. The number of hydrogen-bond acceptors (Lipinski definition) is 1. The molecule has 0 saturated carbocycles. The lowest BCUT2D eigenvalue weighted by Gasteiger charge is -2.17. The van der Waals surface area contributed by atoms with E-state index in [1.54, 1.807) is 0 Å². The molecule has 2 aliphatic rings. The molecule has 0 amide bonds. The van der Waals surface area contributed by atoms with Gasteiger partial charge in [-0.2, -0.15) is 0 Å². The molecular formula is C80H51Br2NS. The van der Waals surface area contributed by atoms with Crippen LogP contribution in [0.2, 0.25) is 0 Å². The molecule has 0 bridgehead atoms. The molecule has 396 valence electrons. The van der Waals surface area contributed by atoms with Crippen LogP contribution in [-0.2, 0) is 6.42 Å². The Morgan fingerprint density at radius 2 is 0.810 bits per heavy atom. The third-order valence-electron chi connectivity index (χ3n) is 17.3. The summed E-state index contributed by atoms with van der Waals surface area (Å²) in [6, 6.07) is 107. The van der Waals surface area contributed by atoms with Gasteiger partial charge in [-0.3, -0.25) is 0 Å². The smallest absolute Gasteiger partial charge is 0.0555 e. The maximum atomic E-state index is 3.63. The second-order valence-electron chi connectivity index (χ2n) is 22.2. The fraction of sp³-hybridized carbons (Fsp3) is 0.0250. The molecule has 0 aliphatic heterocycles. The van der Waals surface area contributed by atoms with Crippen LogP contribution < -0.4 is 0 Å². The quantitative estimate of drug-likeness (QED) is 0.150. The SMILES string of the molecule is Brc1cccc(-c2cccc(-c3ccc4c(c3)-c3ccccc3C4c3ccc4c(c3)-c3cc(-c5ccccc5)ccc3C4)c2)c1.Brc1cccc(-c2cccc(-c3ccc4c(c3)c3ccccc3n4-c3cccc4sc5ccccc5c34)c2)c1. The normalized spacial score (nSPS) is 13.0. The third-order valence-corrected chi connectivity index (χ3v) is 19.4. The number of aromatic nitrogens is 1. The van der Waals surface area contributed by atoms with Gasteiger partial charge in [-0.25, -0.2) is 0 Å². The maximum Gasteiger partial charge on any atom is 0.0555 e. The Labute approximate surface area is 509 Å². The van der Waals surface area contributed by atoms with Gasteiger partial charge in [0.1, 0.15) is 0 Å². The van der Waals surface area contributed by atoms with Crippen molar-refractivity contribution >= 4 is 85.2 Å². The van der Waals surface area contributed by atoms with Crippen LogP contribution in [-0.4, -0.2) is 4.57 Å². The van der Waals surface area contributed by atoms with Crippen molar-refractivity contribution in [3.8, 4) is 83.6 Å². The molecule has 0 spiro atoms.